The van der Waals surface area contributed by atoms with Crippen LogP contribution in [0.5, 0.6) is 5.75 Å². The average molecular weight is 413 g/mol. The smallest absolute Gasteiger partial charge is 0.274 e. The van der Waals surface area contributed by atoms with Gasteiger partial charge in [0.15, 0.2) is 11.4 Å². The highest BCUT2D eigenvalue weighted by molar-refractivity contribution is 5.99. The molecule has 7 nitrogen and oxygen atoms in total. The van der Waals surface area contributed by atoms with Gasteiger partial charge in [0.05, 0.1) is 6.04 Å². The first kappa shape index (κ1) is 20.1. The minimum atomic E-state index is -0.894. The van der Waals surface area contributed by atoms with Crippen molar-refractivity contribution in [2.45, 2.75) is 45.2 Å². The minimum Gasteiger partial charge on any atom is -0.503 e. The minimum absolute atomic E-state index is 0.0562. The van der Waals surface area contributed by atoms with Crippen molar-refractivity contribution in [3.8, 4) is 5.75 Å². The number of carbonyl (C=O) groups is 2. The van der Waals surface area contributed by atoms with Gasteiger partial charge in [-0.15, -0.1) is 0 Å². The maximum absolute atomic E-state index is 14.0. The number of carbonyl (C=O) groups excluding carboxylic acids is 2. The zero-order valence-corrected chi connectivity index (χ0v) is 16.8. The van der Waals surface area contributed by atoms with Gasteiger partial charge in [0.25, 0.3) is 11.8 Å². The molecule has 2 amide bonds. The van der Waals surface area contributed by atoms with Crippen LogP contribution >= 0.6 is 0 Å². The van der Waals surface area contributed by atoms with Crippen molar-refractivity contribution in [2.75, 3.05) is 13.1 Å². The number of amides is 2. The normalized spacial score (nSPS) is 18.4. The highest BCUT2D eigenvalue weighted by atomic mass is 19.1. The van der Waals surface area contributed by atoms with E-state index in [1.165, 1.54) is 12.3 Å². The number of benzene rings is 1. The summed E-state index contributed by atoms with van der Waals surface area (Å²) in [5.41, 5.74) is -0.152. The first-order valence-corrected chi connectivity index (χ1v) is 10.2. The van der Waals surface area contributed by atoms with E-state index in [1.807, 2.05) is 0 Å². The number of hydrogen-bond donors (Lipinski definition) is 2. The molecule has 2 bridgehead atoms. The zero-order chi connectivity index (χ0) is 21.4. The molecule has 0 spiro atoms. The van der Waals surface area contributed by atoms with Gasteiger partial charge >= 0.3 is 0 Å². The van der Waals surface area contributed by atoms with Crippen LogP contribution in [0.25, 0.3) is 0 Å². The Kier molecular flexibility index (Phi) is 5.32. The molecule has 4 rings (SSSR count). The lowest BCUT2D eigenvalue weighted by Gasteiger charge is -2.38. The van der Waals surface area contributed by atoms with Gasteiger partial charge in [0.2, 0.25) is 5.43 Å². The van der Waals surface area contributed by atoms with E-state index < -0.39 is 28.8 Å². The molecule has 2 N–H and O–H groups in total. The maximum atomic E-state index is 14.0. The predicted octanol–water partition coefficient (Wildman–Crippen LogP) is 2.50. The van der Waals surface area contributed by atoms with Crippen LogP contribution in [0.1, 0.15) is 63.7 Å². The number of aryl methyl sites for hydroxylation is 1. The van der Waals surface area contributed by atoms with Crippen LogP contribution in [-0.4, -0.2) is 39.5 Å². The molecule has 0 saturated carbocycles. The van der Waals surface area contributed by atoms with Crippen molar-refractivity contribution in [1.82, 2.24) is 14.8 Å². The Morgan fingerprint density at radius 2 is 2.07 bits per heavy atom. The molecule has 2 aromatic rings. The SMILES string of the molecule is Cc1ccc(CNC(=O)c2cn3c(c(O)c2=O)C(=O)N2CCCCC[C@@H]3C2)c(F)c1. The fourth-order valence-corrected chi connectivity index (χ4v) is 4.21. The fourth-order valence-electron chi connectivity index (χ4n) is 4.21. The number of halogens is 1. The quantitative estimate of drug-likeness (QED) is 0.809. The highest BCUT2D eigenvalue weighted by Crippen LogP contribution is 2.31. The molecule has 0 aliphatic carbocycles. The van der Waals surface area contributed by atoms with Crippen molar-refractivity contribution >= 4 is 11.8 Å². The van der Waals surface area contributed by atoms with E-state index in [-0.39, 0.29) is 23.8 Å². The molecule has 1 aromatic heterocycles. The number of aromatic nitrogens is 1. The van der Waals surface area contributed by atoms with E-state index in [1.54, 1.807) is 28.5 Å². The van der Waals surface area contributed by atoms with Gasteiger partial charge in [-0.25, -0.2) is 4.39 Å². The van der Waals surface area contributed by atoms with Crippen molar-refractivity contribution in [2.24, 2.45) is 0 Å². The number of aromatic hydroxyl groups is 1. The van der Waals surface area contributed by atoms with Crippen LogP contribution < -0.4 is 10.7 Å². The first-order valence-electron chi connectivity index (χ1n) is 10.2. The second-order valence-corrected chi connectivity index (χ2v) is 8.01. The molecule has 3 heterocycles. The third-order valence-electron chi connectivity index (χ3n) is 5.88. The molecule has 2 aliphatic heterocycles. The summed E-state index contributed by atoms with van der Waals surface area (Å²) in [5.74, 6) is -2.26. The summed E-state index contributed by atoms with van der Waals surface area (Å²) in [4.78, 5) is 39.8. The van der Waals surface area contributed by atoms with Crippen LogP contribution in [0.15, 0.2) is 29.2 Å². The Bertz CT molecular complexity index is 1080. The third kappa shape index (κ3) is 3.58. The monoisotopic (exact) mass is 413 g/mol. The molecule has 2 aliphatic rings. The molecule has 0 radical (unpaired) electrons. The molecule has 1 saturated heterocycles. The van der Waals surface area contributed by atoms with E-state index in [2.05, 4.69) is 5.32 Å². The fraction of sp³-hybridized carbons (Fsp3) is 0.409. The van der Waals surface area contributed by atoms with E-state index in [0.29, 0.717) is 18.7 Å². The molecule has 1 fully saturated rings. The molecule has 0 unspecified atom stereocenters. The topological polar surface area (TPSA) is 91.6 Å². The van der Waals surface area contributed by atoms with Gasteiger partial charge < -0.3 is 19.9 Å². The molecule has 8 heteroatoms. The van der Waals surface area contributed by atoms with E-state index in [4.69, 9.17) is 0 Å². The predicted molar refractivity (Wildman–Crippen MR) is 108 cm³/mol. The summed E-state index contributed by atoms with van der Waals surface area (Å²) in [6.45, 7) is 2.75. The van der Waals surface area contributed by atoms with Crippen molar-refractivity contribution in [1.29, 1.82) is 0 Å². The van der Waals surface area contributed by atoms with Gasteiger partial charge in [-0.1, -0.05) is 25.0 Å². The van der Waals surface area contributed by atoms with Crippen molar-refractivity contribution in [3.05, 3.63) is 62.8 Å². The van der Waals surface area contributed by atoms with Crippen LogP contribution in [-0.2, 0) is 6.54 Å². The Morgan fingerprint density at radius 1 is 1.27 bits per heavy atom. The van der Waals surface area contributed by atoms with E-state index in [0.717, 1.165) is 31.2 Å². The van der Waals surface area contributed by atoms with Gasteiger partial charge in [-0.2, -0.15) is 0 Å². The standard InChI is InChI=1S/C22H24FN3O4/c1-13-6-7-14(17(23)9-13)10-24-21(29)16-12-26-15-5-3-2-4-8-25(11-15)22(30)18(26)20(28)19(16)27/h6-7,9,12,15,28H,2-5,8,10-11H2,1H3,(H,24,29)/t15-/m1/s1. The summed E-state index contributed by atoms with van der Waals surface area (Å²) in [6, 6.07) is 4.57. The molecular formula is C22H24FN3O4. The van der Waals surface area contributed by atoms with E-state index in [9.17, 15) is 23.9 Å². The second kappa shape index (κ2) is 7.93. The third-order valence-corrected chi connectivity index (χ3v) is 5.88. The summed E-state index contributed by atoms with van der Waals surface area (Å²) in [7, 11) is 0. The first-order chi connectivity index (χ1) is 14.4. The number of pyridine rings is 1. The molecular weight excluding hydrogens is 389 g/mol. The van der Waals surface area contributed by atoms with Crippen LogP contribution in [0.2, 0.25) is 0 Å². The van der Waals surface area contributed by atoms with Gasteiger partial charge in [-0.05, 0) is 31.4 Å². The van der Waals surface area contributed by atoms with Crippen LogP contribution in [0.3, 0.4) is 0 Å². The largest absolute Gasteiger partial charge is 0.503 e. The lowest BCUT2D eigenvalue weighted by atomic mass is 9.99. The summed E-state index contributed by atoms with van der Waals surface area (Å²) < 4.78 is 15.6. The second-order valence-electron chi connectivity index (χ2n) is 8.01. The zero-order valence-electron chi connectivity index (χ0n) is 16.8. The Balaban J connectivity index is 1.65. The van der Waals surface area contributed by atoms with Crippen LogP contribution in [0.4, 0.5) is 4.39 Å². The van der Waals surface area contributed by atoms with Gasteiger partial charge in [0, 0.05) is 31.4 Å². The van der Waals surface area contributed by atoms with Crippen LogP contribution in [0, 0.1) is 12.7 Å². The molecule has 1 aromatic carbocycles. The Labute approximate surface area is 173 Å². The summed E-state index contributed by atoms with van der Waals surface area (Å²) in [6.07, 6.45) is 5.00. The summed E-state index contributed by atoms with van der Waals surface area (Å²) >= 11 is 0. The lowest BCUT2D eigenvalue weighted by molar-refractivity contribution is 0.0631. The summed E-state index contributed by atoms with van der Waals surface area (Å²) in [5, 5.41) is 13.0. The average Bonchev–Trinajstić information content (AvgIpc) is 2.68. The lowest BCUT2D eigenvalue weighted by Crippen LogP contribution is -2.46. The van der Waals surface area contributed by atoms with Crippen molar-refractivity contribution < 1.29 is 19.1 Å². The number of hydrogen-bond acceptors (Lipinski definition) is 4. The van der Waals surface area contributed by atoms with Crippen molar-refractivity contribution in [3.63, 3.8) is 0 Å². The number of nitrogens with one attached hydrogen (secondary N) is 1. The molecule has 1 atom stereocenters. The van der Waals surface area contributed by atoms with Gasteiger partial charge in [-0.3, -0.25) is 14.4 Å². The van der Waals surface area contributed by atoms with Gasteiger partial charge in [0.1, 0.15) is 11.4 Å². The Morgan fingerprint density at radius 3 is 2.83 bits per heavy atom. The Hall–Kier alpha value is -3.16. The number of fused-ring (bicyclic) bond motifs is 4. The number of rotatable bonds is 3. The highest BCUT2D eigenvalue weighted by Gasteiger charge is 2.35. The van der Waals surface area contributed by atoms with E-state index >= 15 is 0 Å². The molecule has 158 valence electrons. The maximum Gasteiger partial charge on any atom is 0.274 e. The number of nitrogens with zero attached hydrogens (tertiary/aromatic N) is 2. The molecule has 30 heavy (non-hydrogen) atoms.